The molecule has 1 fully saturated rings. The van der Waals surface area contributed by atoms with Crippen molar-refractivity contribution in [2.24, 2.45) is 0 Å². The van der Waals surface area contributed by atoms with Crippen LogP contribution in [0, 0.1) is 11.6 Å². The molecular weight excluding hydrogens is 384 g/mol. The minimum absolute atomic E-state index is 0.255. The van der Waals surface area contributed by atoms with Crippen molar-refractivity contribution in [1.82, 2.24) is 14.8 Å². The Balaban J connectivity index is 1.63. The molecule has 0 spiro atoms. The van der Waals surface area contributed by atoms with Gasteiger partial charge in [0.1, 0.15) is 0 Å². The minimum Gasteiger partial charge on any atom is -0.453 e. The minimum atomic E-state index is -1.13. The molecule has 10 heteroatoms. The molecule has 29 heavy (non-hydrogen) atoms. The molecule has 0 atom stereocenters. The van der Waals surface area contributed by atoms with E-state index in [0.29, 0.717) is 44.0 Å². The molecule has 1 aromatic carbocycles. The number of urea groups is 1. The molecule has 2 heterocycles. The number of carbonyl (C=O) groups is 2. The van der Waals surface area contributed by atoms with Crippen LogP contribution >= 0.6 is 0 Å². The molecule has 3 rings (SSSR count). The van der Waals surface area contributed by atoms with Gasteiger partial charge < -0.3 is 20.3 Å². The first kappa shape index (κ1) is 20.5. The Kier molecular flexibility index (Phi) is 6.55. The summed E-state index contributed by atoms with van der Waals surface area (Å²) in [6, 6.07) is 5.05. The molecular formula is C19H21F2N5O3. The highest BCUT2D eigenvalue weighted by molar-refractivity contribution is 5.99. The maximum absolute atomic E-state index is 14.1. The van der Waals surface area contributed by atoms with Gasteiger partial charge in [0.15, 0.2) is 11.6 Å². The van der Waals surface area contributed by atoms with E-state index < -0.39 is 17.7 Å². The quantitative estimate of drug-likeness (QED) is 0.817. The molecule has 0 unspecified atom stereocenters. The van der Waals surface area contributed by atoms with Gasteiger partial charge >= 0.3 is 12.1 Å². The highest BCUT2D eigenvalue weighted by Crippen LogP contribution is 2.22. The number of halogens is 2. The van der Waals surface area contributed by atoms with Crippen molar-refractivity contribution in [2.45, 2.75) is 6.54 Å². The summed E-state index contributed by atoms with van der Waals surface area (Å²) in [6.07, 6.45) is 2.59. The first-order valence-corrected chi connectivity index (χ1v) is 8.97. The fraction of sp³-hybridized carbons (Fsp3) is 0.316. The summed E-state index contributed by atoms with van der Waals surface area (Å²) in [4.78, 5) is 31.1. The van der Waals surface area contributed by atoms with Crippen molar-refractivity contribution in [3.8, 4) is 0 Å². The van der Waals surface area contributed by atoms with E-state index in [2.05, 4.69) is 15.6 Å². The summed E-state index contributed by atoms with van der Waals surface area (Å²) in [5.41, 5.74) is 0.673. The van der Waals surface area contributed by atoms with E-state index in [1.807, 2.05) is 4.90 Å². The lowest BCUT2D eigenvalue weighted by atomic mass is 10.1. The van der Waals surface area contributed by atoms with Gasteiger partial charge in [0.05, 0.1) is 24.7 Å². The number of pyridine rings is 1. The fourth-order valence-electron chi connectivity index (χ4n) is 3.02. The first-order valence-electron chi connectivity index (χ1n) is 8.97. The SMILES string of the molecule is COC(=O)N1CCN(Cc2cc(F)c(F)c(NC(=O)Nc3cccnc3)c2)CC1. The van der Waals surface area contributed by atoms with Crippen molar-refractivity contribution < 1.29 is 23.1 Å². The zero-order valence-electron chi connectivity index (χ0n) is 15.8. The molecule has 0 saturated carbocycles. The van der Waals surface area contributed by atoms with E-state index in [0.717, 1.165) is 6.07 Å². The zero-order valence-corrected chi connectivity index (χ0v) is 15.8. The lowest BCUT2D eigenvalue weighted by molar-refractivity contribution is 0.0888. The number of benzene rings is 1. The number of ether oxygens (including phenoxy) is 1. The summed E-state index contributed by atoms with van der Waals surface area (Å²) in [7, 11) is 1.33. The number of amides is 3. The number of hydrogen-bond acceptors (Lipinski definition) is 5. The molecule has 1 aliphatic rings. The van der Waals surface area contributed by atoms with E-state index in [1.165, 1.54) is 19.4 Å². The van der Waals surface area contributed by atoms with Gasteiger partial charge in [-0.1, -0.05) is 0 Å². The standard InChI is InChI=1S/C19H21F2N5O3/c1-29-19(28)26-7-5-25(6-8-26)12-13-9-15(20)17(21)16(10-13)24-18(27)23-14-3-2-4-22-11-14/h2-4,9-11H,5-8,12H2,1H3,(H2,23,24,27). The number of nitrogens with zero attached hydrogens (tertiary/aromatic N) is 3. The predicted octanol–water partition coefficient (Wildman–Crippen LogP) is 2.89. The van der Waals surface area contributed by atoms with Crippen LogP contribution in [0.4, 0.5) is 29.7 Å². The molecule has 1 aromatic heterocycles. The Morgan fingerprint density at radius 1 is 1.17 bits per heavy atom. The average molecular weight is 405 g/mol. The van der Waals surface area contributed by atoms with Crippen LogP contribution in [0.25, 0.3) is 0 Å². The third-order valence-corrected chi connectivity index (χ3v) is 4.47. The third-order valence-electron chi connectivity index (χ3n) is 4.47. The predicted molar refractivity (Wildman–Crippen MR) is 102 cm³/mol. The second kappa shape index (κ2) is 9.28. The number of methoxy groups -OCH3 is 1. The van der Waals surface area contributed by atoms with E-state index in [1.54, 1.807) is 23.2 Å². The first-order chi connectivity index (χ1) is 14.0. The summed E-state index contributed by atoms with van der Waals surface area (Å²) in [6.45, 7) is 2.45. The Bertz CT molecular complexity index is 874. The number of piperazine rings is 1. The second-order valence-electron chi connectivity index (χ2n) is 6.49. The summed E-state index contributed by atoms with van der Waals surface area (Å²) >= 11 is 0. The van der Waals surface area contributed by atoms with Crippen molar-refractivity contribution in [1.29, 1.82) is 0 Å². The van der Waals surface area contributed by atoms with Crippen LogP contribution in [0.1, 0.15) is 5.56 Å². The Morgan fingerprint density at radius 3 is 2.59 bits per heavy atom. The fourth-order valence-corrected chi connectivity index (χ4v) is 3.02. The highest BCUT2D eigenvalue weighted by atomic mass is 19.2. The maximum atomic E-state index is 14.1. The van der Waals surface area contributed by atoms with Crippen LogP contribution in [0.5, 0.6) is 0 Å². The van der Waals surface area contributed by atoms with Gasteiger partial charge in [-0.05, 0) is 29.8 Å². The van der Waals surface area contributed by atoms with Crippen molar-refractivity contribution in [3.05, 3.63) is 53.9 Å². The topological polar surface area (TPSA) is 86.8 Å². The van der Waals surface area contributed by atoms with Gasteiger partial charge in [-0.25, -0.2) is 18.4 Å². The number of anilines is 2. The molecule has 0 aliphatic carbocycles. The van der Waals surface area contributed by atoms with E-state index in [4.69, 9.17) is 4.74 Å². The highest BCUT2D eigenvalue weighted by Gasteiger charge is 2.22. The van der Waals surface area contributed by atoms with Crippen LogP contribution in [0.15, 0.2) is 36.7 Å². The molecule has 3 amide bonds. The average Bonchev–Trinajstić information content (AvgIpc) is 2.72. The van der Waals surface area contributed by atoms with Crippen LogP contribution in [0.3, 0.4) is 0 Å². The molecule has 2 N–H and O–H groups in total. The number of hydrogen-bond donors (Lipinski definition) is 2. The van der Waals surface area contributed by atoms with Gasteiger partial charge in [-0.3, -0.25) is 9.88 Å². The largest absolute Gasteiger partial charge is 0.453 e. The molecule has 8 nitrogen and oxygen atoms in total. The van der Waals surface area contributed by atoms with Crippen LogP contribution in [-0.2, 0) is 11.3 Å². The molecule has 0 radical (unpaired) electrons. The van der Waals surface area contributed by atoms with Crippen LogP contribution in [0.2, 0.25) is 0 Å². The maximum Gasteiger partial charge on any atom is 0.409 e. The summed E-state index contributed by atoms with van der Waals surface area (Å²) in [5.74, 6) is -2.18. The van der Waals surface area contributed by atoms with E-state index >= 15 is 0 Å². The number of carbonyl (C=O) groups excluding carboxylic acids is 2. The lowest BCUT2D eigenvalue weighted by Crippen LogP contribution is -2.48. The van der Waals surface area contributed by atoms with Crippen LogP contribution < -0.4 is 10.6 Å². The van der Waals surface area contributed by atoms with Gasteiger partial charge in [0.2, 0.25) is 0 Å². The number of aromatic nitrogens is 1. The molecule has 1 aliphatic heterocycles. The molecule has 2 aromatic rings. The third kappa shape index (κ3) is 5.38. The van der Waals surface area contributed by atoms with Gasteiger partial charge in [0, 0.05) is 38.9 Å². The van der Waals surface area contributed by atoms with Crippen molar-refractivity contribution in [2.75, 3.05) is 43.9 Å². The van der Waals surface area contributed by atoms with Gasteiger partial charge in [-0.2, -0.15) is 0 Å². The number of nitrogens with one attached hydrogen (secondary N) is 2. The van der Waals surface area contributed by atoms with Crippen LogP contribution in [-0.4, -0.2) is 60.2 Å². The summed E-state index contributed by atoms with van der Waals surface area (Å²) < 4.78 is 32.9. The monoisotopic (exact) mass is 405 g/mol. The van der Waals surface area contributed by atoms with E-state index in [-0.39, 0.29) is 11.8 Å². The Labute approximate surface area is 166 Å². The Hall–Kier alpha value is -3.27. The molecule has 154 valence electrons. The summed E-state index contributed by atoms with van der Waals surface area (Å²) in [5, 5.41) is 4.82. The smallest absolute Gasteiger partial charge is 0.409 e. The zero-order chi connectivity index (χ0) is 20.8. The molecule has 1 saturated heterocycles. The van der Waals surface area contributed by atoms with Crippen molar-refractivity contribution >= 4 is 23.5 Å². The van der Waals surface area contributed by atoms with Crippen molar-refractivity contribution in [3.63, 3.8) is 0 Å². The molecule has 0 bridgehead atoms. The van der Waals surface area contributed by atoms with Gasteiger partial charge in [-0.15, -0.1) is 0 Å². The van der Waals surface area contributed by atoms with Gasteiger partial charge in [0.25, 0.3) is 0 Å². The normalized spacial score (nSPS) is 14.4. The Morgan fingerprint density at radius 2 is 1.93 bits per heavy atom. The van der Waals surface area contributed by atoms with E-state index in [9.17, 15) is 18.4 Å². The number of rotatable bonds is 4. The second-order valence-corrected chi connectivity index (χ2v) is 6.49. The lowest BCUT2D eigenvalue weighted by Gasteiger charge is -2.33.